The molecule has 0 aliphatic carbocycles. The van der Waals surface area contributed by atoms with E-state index in [1.807, 2.05) is 6.92 Å². The standard InChI is InChI=1S/C8H17N5O/c1-2-11-7(9)12-6-3-4-13(5-6)8(10)14/h6H,2-5H2,1H3,(H2,10,14)(H3,9,11,12). The van der Waals surface area contributed by atoms with Crippen molar-refractivity contribution in [2.45, 2.75) is 19.4 Å². The number of primary amides is 1. The maximum absolute atomic E-state index is 10.8. The van der Waals surface area contributed by atoms with E-state index in [0.29, 0.717) is 25.6 Å². The van der Waals surface area contributed by atoms with E-state index in [-0.39, 0.29) is 12.1 Å². The Balaban J connectivity index is 2.36. The second-order valence-corrected chi connectivity index (χ2v) is 3.27. The molecule has 0 saturated carbocycles. The Morgan fingerprint density at radius 1 is 1.64 bits per heavy atom. The van der Waals surface area contributed by atoms with Crippen LogP contribution in [0.15, 0.2) is 4.99 Å². The Bertz CT molecular complexity index is 240. The lowest BCUT2D eigenvalue weighted by Crippen LogP contribution is -2.43. The smallest absolute Gasteiger partial charge is 0.314 e. The van der Waals surface area contributed by atoms with Gasteiger partial charge < -0.3 is 21.7 Å². The van der Waals surface area contributed by atoms with E-state index in [2.05, 4.69) is 10.3 Å². The Kier molecular flexibility index (Phi) is 3.55. The molecule has 80 valence electrons. The van der Waals surface area contributed by atoms with E-state index in [0.717, 1.165) is 6.42 Å². The monoisotopic (exact) mass is 199 g/mol. The molecule has 14 heavy (non-hydrogen) atoms. The van der Waals surface area contributed by atoms with Gasteiger partial charge in [-0.2, -0.15) is 0 Å². The van der Waals surface area contributed by atoms with Gasteiger partial charge in [0.05, 0.1) is 0 Å². The molecule has 1 aliphatic rings. The number of nitrogens with zero attached hydrogens (tertiary/aromatic N) is 2. The van der Waals surface area contributed by atoms with Crippen molar-refractivity contribution in [1.29, 1.82) is 0 Å². The van der Waals surface area contributed by atoms with Crippen molar-refractivity contribution in [1.82, 2.24) is 10.2 Å². The number of likely N-dealkylation sites (tertiary alicyclic amines) is 1. The number of amides is 2. The molecule has 1 atom stereocenters. The molecule has 1 saturated heterocycles. The van der Waals surface area contributed by atoms with Crippen LogP contribution >= 0.6 is 0 Å². The second-order valence-electron chi connectivity index (χ2n) is 3.27. The molecule has 0 aromatic carbocycles. The molecule has 0 spiro atoms. The van der Waals surface area contributed by atoms with Gasteiger partial charge in [-0.15, -0.1) is 0 Å². The average Bonchev–Trinajstić information content (AvgIpc) is 2.53. The zero-order valence-corrected chi connectivity index (χ0v) is 8.36. The van der Waals surface area contributed by atoms with Crippen LogP contribution in [0.1, 0.15) is 13.3 Å². The number of nitrogens with two attached hydrogens (primary N) is 2. The van der Waals surface area contributed by atoms with Crippen LogP contribution < -0.4 is 16.8 Å². The summed E-state index contributed by atoms with van der Waals surface area (Å²) in [5.41, 5.74) is 10.7. The normalized spacial score (nSPS) is 22.5. The topological polar surface area (TPSA) is 96.7 Å². The molecule has 1 aliphatic heterocycles. The highest BCUT2D eigenvalue weighted by molar-refractivity contribution is 5.78. The summed E-state index contributed by atoms with van der Waals surface area (Å²) in [6.45, 7) is 3.87. The summed E-state index contributed by atoms with van der Waals surface area (Å²) in [4.78, 5) is 16.4. The van der Waals surface area contributed by atoms with Gasteiger partial charge in [-0.1, -0.05) is 0 Å². The summed E-state index contributed by atoms with van der Waals surface area (Å²) in [5, 5.41) is 3.04. The first kappa shape index (κ1) is 10.6. The Morgan fingerprint density at radius 3 is 2.86 bits per heavy atom. The van der Waals surface area contributed by atoms with Gasteiger partial charge in [-0.05, 0) is 13.3 Å². The molecule has 1 rings (SSSR count). The minimum atomic E-state index is -0.375. The van der Waals surface area contributed by atoms with Gasteiger partial charge in [-0.25, -0.2) is 4.79 Å². The van der Waals surface area contributed by atoms with Crippen molar-refractivity contribution in [2.24, 2.45) is 16.5 Å². The van der Waals surface area contributed by atoms with Crippen LogP contribution in [0.3, 0.4) is 0 Å². The third-order valence-electron chi connectivity index (χ3n) is 2.18. The second kappa shape index (κ2) is 4.69. The summed E-state index contributed by atoms with van der Waals surface area (Å²) in [7, 11) is 0. The van der Waals surface area contributed by atoms with Crippen molar-refractivity contribution in [3.8, 4) is 0 Å². The molecule has 2 amide bonds. The molecular weight excluding hydrogens is 182 g/mol. The number of hydrogen-bond acceptors (Lipinski definition) is 2. The van der Waals surface area contributed by atoms with Gasteiger partial charge in [-0.3, -0.25) is 4.99 Å². The van der Waals surface area contributed by atoms with E-state index in [9.17, 15) is 4.79 Å². The van der Waals surface area contributed by atoms with Crippen molar-refractivity contribution < 1.29 is 4.79 Å². The largest absolute Gasteiger partial charge is 0.370 e. The minimum absolute atomic E-state index is 0.179. The van der Waals surface area contributed by atoms with E-state index in [1.165, 1.54) is 0 Å². The summed E-state index contributed by atoms with van der Waals surface area (Å²) in [6.07, 6.45) is 0.864. The summed E-state index contributed by atoms with van der Waals surface area (Å²) in [6, 6.07) is -0.196. The number of nitrogens with one attached hydrogen (secondary N) is 1. The Hall–Kier alpha value is -1.46. The van der Waals surface area contributed by atoms with Gasteiger partial charge in [0.2, 0.25) is 0 Å². The highest BCUT2D eigenvalue weighted by Gasteiger charge is 2.24. The highest BCUT2D eigenvalue weighted by Crippen LogP contribution is 2.07. The van der Waals surface area contributed by atoms with Crippen LogP contribution in [0, 0.1) is 0 Å². The number of rotatable bonds is 2. The van der Waals surface area contributed by atoms with E-state index in [1.54, 1.807) is 4.90 Å². The van der Waals surface area contributed by atoms with Crippen LogP contribution in [0.25, 0.3) is 0 Å². The maximum Gasteiger partial charge on any atom is 0.314 e. The van der Waals surface area contributed by atoms with E-state index in [4.69, 9.17) is 11.5 Å². The molecule has 5 N–H and O–H groups in total. The number of hydrogen-bond donors (Lipinski definition) is 3. The Labute approximate surface area is 83.3 Å². The first-order valence-electron chi connectivity index (χ1n) is 4.74. The van der Waals surface area contributed by atoms with Crippen molar-refractivity contribution >= 4 is 12.0 Å². The molecule has 0 bridgehead atoms. The first-order valence-corrected chi connectivity index (χ1v) is 4.74. The number of guanidine groups is 1. The highest BCUT2D eigenvalue weighted by atomic mass is 16.2. The third-order valence-corrected chi connectivity index (χ3v) is 2.18. The molecule has 0 aromatic rings. The molecule has 0 radical (unpaired) electrons. The fourth-order valence-electron chi connectivity index (χ4n) is 1.50. The molecular formula is C8H17N5O. The maximum atomic E-state index is 10.8. The molecule has 0 aromatic heterocycles. The zero-order valence-electron chi connectivity index (χ0n) is 8.36. The Morgan fingerprint density at radius 2 is 2.36 bits per heavy atom. The van der Waals surface area contributed by atoms with Crippen LogP contribution in [0.4, 0.5) is 4.79 Å². The lowest BCUT2D eigenvalue weighted by Gasteiger charge is -2.14. The third kappa shape index (κ3) is 2.79. The van der Waals surface area contributed by atoms with Crippen LogP contribution in [-0.2, 0) is 0 Å². The number of carbonyl (C=O) groups is 1. The zero-order chi connectivity index (χ0) is 10.6. The predicted octanol–water partition coefficient (Wildman–Crippen LogP) is -0.936. The van der Waals surface area contributed by atoms with Gasteiger partial charge in [0.15, 0.2) is 5.96 Å². The van der Waals surface area contributed by atoms with Crippen LogP contribution in [0.2, 0.25) is 0 Å². The van der Waals surface area contributed by atoms with E-state index < -0.39 is 0 Å². The lowest BCUT2D eigenvalue weighted by atomic mass is 10.3. The SMILES string of the molecule is CCN=C(N)NC1CCN(C(N)=O)C1. The van der Waals surface area contributed by atoms with Gasteiger partial charge in [0, 0.05) is 25.7 Å². The summed E-state index contributed by atoms with van der Waals surface area (Å²) >= 11 is 0. The molecule has 1 heterocycles. The summed E-state index contributed by atoms with van der Waals surface area (Å²) in [5.74, 6) is 0.434. The molecule has 1 fully saturated rings. The number of aliphatic imine (C=N–C) groups is 1. The van der Waals surface area contributed by atoms with Gasteiger partial charge >= 0.3 is 6.03 Å². The molecule has 6 heteroatoms. The van der Waals surface area contributed by atoms with Crippen LogP contribution in [-0.4, -0.2) is 42.6 Å². The lowest BCUT2D eigenvalue weighted by molar-refractivity contribution is 0.217. The minimum Gasteiger partial charge on any atom is -0.370 e. The van der Waals surface area contributed by atoms with Crippen molar-refractivity contribution in [3.63, 3.8) is 0 Å². The first-order chi connectivity index (χ1) is 6.63. The van der Waals surface area contributed by atoms with Crippen molar-refractivity contribution in [3.05, 3.63) is 0 Å². The van der Waals surface area contributed by atoms with Gasteiger partial charge in [0.1, 0.15) is 0 Å². The quantitative estimate of drug-likeness (QED) is 0.395. The van der Waals surface area contributed by atoms with E-state index >= 15 is 0 Å². The summed E-state index contributed by atoms with van der Waals surface area (Å²) < 4.78 is 0. The fourth-order valence-corrected chi connectivity index (χ4v) is 1.50. The van der Waals surface area contributed by atoms with Gasteiger partial charge in [0.25, 0.3) is 0 Å². The van der Waals surface area contributed by atoms with Crippen molar-refractivity contribution in [2.75, 3.05) is 19.6 Å². The predicted molar refractivity (Wildman–Crippen MR) is 54.9 cm³/mol. The number of urea groups is 1. The van der Waals surface area contributed by atoms with Crippen LogP contribution in [0.5, 0.6) is 0 Å². The molecule has 6 nitrogen and oxygen atoms in total. The average molecular weight is 199 g/mol. The fraction of sp³-hybridized carbons (Fsp3) is 0.750. The number of carbonyl (C=O) groups excluding carboxylic acids is 1. The molecule has 1 unspecified atom stereocenters.